The largest absolute Gasteiger partial charge is 2.00 e. The minimum Gasteiger partial charge on any atom is -0.545 e. The first-order valence-corrected chi connectivity index (χ1v) is 25.4. The van der Waals surface area contributed by atoms with Gasteiger partial charge in [0.05, 0.1) is 23.9 Å². The summed E-state index contributed by atoms with van der Waals surface area (Å²) < 4.78 is 0. The second-order valence-electron chi connectivity index (χ2n) is 17.5. The van der Waals surface area contributed by atoms with Crippen molar-refractivity contribution in [1.29, 1.82) is 0 Å². The molecular formula is C52H92Mg2O8. The summed E-state index contributed by atoms with van der Waals surface area (Å²) in [6.07, 6.45) is 53.6. The number of carboxylic acid groups (broad SMARTS) is 4. The summed E-state index contributed by atoms with van der Waals surface area (Å²) in [5.74, 6) is -5.75. The van der Waals surface area contributed by atoms with Gasteiger partial charge in [0.25, 0.3) is 0 Å². The van der Waals surface area contributed by atoms with E-state index in [9.17, 15) is 39.6 Å². The fraction of sp³-hybridized carbons (Fsp3) is 0.846. The summed E-state index contributed by atoms with van der Waals surface area (Å²) in [4.78, 5) is 42.5. The molecule has 10 heteroatoms. The van der Waals surface area contributed by atoms with Gasteiger partial charge in [-0.15, -0.1) is 0 Å². The molecule has 0 rings (SSSR count). The van der Waals surface area contributed by atoms with Crippen LogP contribution >= 0.6 is 0 Å². The zero-order chi connectivity index (χ0) is 44.6. The SMILES string of the molecule is CCCCCCCCCCCCCCCCCCCCCC/C(=C/C(=O)[O-])C(=O)[O-].CCCCCCCCCCCCCCCCCCCCCC/C(=C/C(=O)[O-])C(=O)[O-].[Mg+2].[Mg+2]. The van der Waals surface area contributed by atoms with E-state index < -0.39 is 23.9 Å². The molecule has 0 heterocycles. The third-order valence-electron chi connectivity index (χ3n) is 11.7. The Morgan fingerprint density at radius 3 is 0.548 bits per heavy atom. The average molecular weight is 894 g/mol. The number of hydrogen-bond acceptors (Lipinski definition) is 8. The maximum absolute atomic E-state index is 10.8. The summed E-state index contributed by atoms with van der Waals surface area (Å²) in [5.41, 5.74) is -0.338. The Hall–Kier alpha value is -1.11. The van der Waals surface area contributed by atoms with Gasteiger partial charge in [-0.05, 0) is 49.0 Å². The van der Waals surface area contributed by atoms with Gasteiger partial charge in [-0.2, -0.15) is 0 Å². The number of unbranched alkanes of at least 4 members (excludes halogenated alkanes) is 38. The number of carbonyl (C=O) groups is 4. The number of carbonyl (C=O) groups excluding carboxylic acids is 4. The maximum Gasteiger partial charge on any atom is 2.00 e. The second kappa shape index (κ2) is 56.0. The van der Waals surface area contributed by atoms with Crippen LogP contribution in [0.4, 0.5) is 0 Å². The van der Waals surface area contributed by atoms with Crippen LogP contribution in [0.5, 0.6) is 0 Å². The smallest absolute Gasteiger partial charge is 0.545 e. The molecule has 0 aliphatic heterocycles. The zero-order valence-electron chi connectivity index (χ0n) is 40.5. The predicted molar refractivity (Wildman–Crippen MR) is 253 cm³/mol. The zero-order valence-corrected chi connectivity index (χ0v) is 43.4. The quantitative estimate of drug-likeness (QED) is 0.0331. The van der Waals surface area contributed by atoms with Gasteiger partial charge in [0.2, 0.25) is 0 Å². The third-order valence-corrected chi connectivity index (χ3v) is 11.7. The van der Waals surface area contributed by atoms with Crippen molar-refractivity contribution in [1.82, 2.24) is 0 Å². The minimum atomic E-state index is -1.47. The third kappa shape index (κ3) is 56.9. The molecule has 0 aromatic heterocycles. The van der Waals surface area contributed by atoms with Gasteiger partial charge in [-0.25, -0.2) is 0 Å². The molecule has 8 nitrogen and oxygen atoms in total. The topological polar surface area (TPSA) is 161 Å². The molecule has 0 atom stereocenters. The second-order valence-corrected chi connectivity index (χ2v) is 17.5. The van der Waals surface area contributed by atoms with Gasteiger partial charge in [-0.1, -0.05) is 258 Å². The molecule has 0 amide bonds. The molecule has 0 N–H and O–H groups in total. The molecular weight excluding hydrogens is 801 g/mol. The molecule has 352 valence electrons. The molecule has 0 aromatic rings. The van der Waals surface area contributed by atoms with Crippen molar-refractivity contribution in [3.05, 3.63) is 23.3 Å². The molecule has 0 aliphatic carbocycles. The molecule has 0 aliphatic rings. The van der Waals surface area contributed by atoms with Crippen LogP contribution in [0.1, 0.15) is 284 Å². The van der Waals surface area contributed by atoms with E-state index in [0.29, 0.717) is 25.0 Å². The number of hydrogen-bond donors (Lipinski definition) is 0. The van der Waals surface area contributed by atoms with Crippen LogP contribution < -0.4 is 20.4 Å². The van der Waals surface area contributed by atoms with Gasteiger partial charge in [0.1, 0.15) is 0 Å². The average Bonchev–Trinajstić information content (AvgIpc) is 3.21. The molecule has 0 spiro atoms. The van der Waals surface area contributed by atoms with E-state index in [4.69, 9.17) is 0 Å². The van der Waals surface area contributed by atoms with Crippen molar-refractivity contribution < 1.29 is 39.6 Å². The van der Waals surface area contributed by atoms with Gasteiger partial charge in [-0.3, -0.25) is 0 Å². The molecule has 0 aromatic carbocycles. The van der Waals surface area contributed by atoms with Crippen molar-refractivity contribution in [3.63, 3.8) is 0 Å². The van der Waals surface area contributed by atoms with Crippen LogP contribution in [0.15, 0.2) is 23.3 Å². The predicted octanol–water partition coefficient (Wildman–Crippen LogP) is 10.5. The Kier molecular flexibility index (Phi) is 61.0. The fourth-order valence-corrected chi connectivity index (χ4v) is 7.89. The van der Waals surface area contributed by atoms with Gasteiger partial charge in [0.15, 0.2) is 0 Å². The Balaban J connectivity index is -0.000000526. The molecule has 0 saturated carbocycles. The standard InChI is InChI=1S/2C26H48O4.2Mg/c2*1-2-3-4-5-6-7-8-9-10-11-12-13-14-15-16-17-18-19-20-21-22-24(26(29)30)23-25(27)28;;/h2*23H,2-22H2,1H3,(H,27,28)(H,29,30);;/q;;2*+2/p-4/b2*24-23-;;. The molecule has 0 radical (unpaired) electrons. The van der Waals surface area contributed by atoms with E-state index >= 15 is 0 Å². The van der Waals surface area contributed by atoms with Crippen molar-refractivity contribution in [3.8, 4) is 0 Å². The first-order chi connectivity index (χ1) is 29.1. The van der Waals surface area contributed by atoms with E-state index in [2.05, 4.69) is 13.8 Å². The van der Waals surface area contributed by atoms with Crippen LogP contribution in [0.2, 0.25) is 0 Å². The van der Waals surface area contributed by atoms with E-state index in [1.165, 1.54) is 218 Å². The van der Waals surface area contributed by atoms with Crippen LogP contribution in [0.25, 0.3) is 0 Å². The monoisotopic (exact) mass is 893 g/mol. The first kappa shape index (κ1) is 67.5. The van der Waals surface area contributed by atoms with Crippen LogP contribution in [0.3, 0.4) is 0 Å². The van der Waals surface area contributed by atoms with Gasteiger partial charge in [0, 0.05) is 0 Å². The van der Waals surface area contributed by atoms with Crippen LogP contribution in [0, 0.1) is 0 Å². The van der Waals surface area contributed by atoms with Crippen molar-refractivity contribution in [2.24, 2.45) is 0 Å². The Morgan fingerprint density at radius 2 is 0.419 bits per heavy atom. The van der Waals surface area contributed by atoms with E-state index in [-0.39, 0.29) is 70.1 Å². The number of rotatable bonds is 46. The van der Waals surface area contributed by atoms with Crippen LogP contribution in [-0.4, -0.2) is 70.0 Å². The Labute approximate surface area is 413 Å². The Morgan fingerprint density at radius 1 is 0.274 bits per heavy atom. The molecule has 0 saturated heterocycles. The fourth-order valence-electron chi connectivity index (χ4n) is 7.89. The van der Waals surface area contributed by atoms with E-state index in [1.807, 2.05) is 0 Å². The number of carboxylic acids is 4. The summed E-state index contributed by atoms with van der Waals surface area (Å²) in [6.45, 7) is 4.54. The summed E-state index contributed by atoms with van der Waals surface area (Å²) in [5, 5.41) is 42.5. The summed E-state index contributed by atoms with van der Waals surface area (Å²) >= 11 is 0. The summed E-state index contributed by atoms with van der Waals surface area (Å²) in [6, 6.07) is 0. The number of aliphatic carboxylic acids is 4. The normalized spacial score (nSPS) is 11.3. The minimum absolute atomic E-state index is 0. The molecule has 0 bridgehead atoms. The van der Waals surface area contributed by atoms with Crippen molar-refractivity contribution in [2.75, 3.05) is 0 Å². The summed E-state index contributed by atoms with van der Waals surface area (Å²) in [7, 11) is 0. The van der Waals surface area contributed by atoms with Crippen molar-refractivity contribution in [2.45, 2.75) is 284 Å². The Bertz CT molecular complexity index is 979. The van der Waals surface area contributed by atoms with E-state index in [1.54, 1.807) is 0 Å². The van der Waals surface area contributed by atoms with Gasteiger partial charge >= 0.3 is 46.1 Å². The maximum atomic E-state index is 10.8. The molecule has 0 unspecified atom stereocenters. The van der Waals surface area contributed by atoms with Crippen molar-refractivity contribution >= 4 is 70.0 Å². The molecule has 0 fully saturated rings. The van der Waals surface area contributed by atoms with Crippen LogP contribution in [-0.2, 0) is 19.2 Å². The molecule has 62 heavy (non-hydrogen) atoms. The van der Waals surface area contributed by atoms with Gasteiger partial charge < -0.3 is 39.6 Å². The first-order valence-electron chi connectivity index (χ1n) is 25.4. The van der Waals surface area contributed by atoms with E-state index in [0.717, 1.165) is 25.7 Å².